The number of nitrogens with zero attached hydrogens (tertiary/aromatic N) is 2. The maximum Gasteiger partial charge on any atom is 0.227 e. The van der Waals surface area contributed by atoms with Crippen LogP contribution in [0, 0.1) is 5.82 Å². The fourth-order valence-electron chi connectivity index (χ4n) is 3.71. The van der Waals surface area contributed by atoms with E-state index >= 15 is 0 Å². The van der Waals surface area contributed by atoms with Gasteiger partial charge in [0, 0.05) is 32.1 Å². The molecule has 2 heterocycles. The lowest BCUT2D eigenvalue weighted by Crippen LogP contribution is -2.31. The lowest BCUT2D eigenvalue weighted by molar-refractivity contribution is -0.131. The smallest absolute Gasteiger partial charge is 0.227 e. The molecule has 0 spiro atoms. The summed E-state index contributed by atoms with van der Waals surface area (Å²) in [6.45, 7) is 2.28. The maximum atomic E-state index is 13.2. The van der Waals surface area contributed by atoms with Crippen LogP contribution in [0.25, 0.3) is 0 Å². The van der Waals surface area contributed by atoms with Gasteiger partial charge in [-0.2, -0.15) is 0 Å². The van der Waals surface area contributed by atoms with E-state index in [0.29, 0.717) is 19.7 Å². The van der Waals surface area contributed by atoms with Crippen molar-refractivity contribution in [1.82, 2.24) is 9.88 Å². The average Bonchev–Trinajstić information content (AvgIpc) is 3.34. The van der Waals surface area contributed by atoms with Crippen molar-refractivity contribution in [2.75, 3.05) is 13.2 Å². The van der Waals surface area contributed by atoms with Crippen LogP contribution in [0.15, 0.2) is 73.1 Å². The number of pyridine rings is 1. The van der Waals surface area contributed by atoms with E-state index in [4.69, 9.17) is 9.47 Å². The molecule has 6 heteroatoms. The third-order valence-electron chi connectivity index (χ3n) is 5.47. The predicted octanol–water partition coefficient (Wildman–Crippen LogP) is 4.55. The molecule has 1 unspecified atom stereocenters. The molecule has 0 saturated carbocycles. The molecule has 1 saturated heterocycles. The summed E-state index contributed by atoms with van der Waals surface area (Å²) in [6.07, 6.45) is 5.99. The predicted molar refractivity (Wildman–Crippen MR) is 120 cm³/mol. The Morgan fingerprint density at radius 2 is 1.78 bits per heavy atom. The van der Waals surface area contributed by atoms with Crippen molar-refractivity contribution in [2.45, 2.75) is 38.5 Å². The third-order valence-corrected chi connectivity index (χ3v) is 5.47. The van der Waals surface area contributed by atoms with Crippen LogP contribution >= 0.6 is 0 Å². The van der Waals surface area contributed by atoms with Crippen LogP contribution in [0.3, 0.4) is 0 Å². The van der Waals surface area contributed by atoms with Crippen LogP contribution in [-0.2, 0) is 29.0 Å². The summed E-state index contributed by atoms with van der Waals surface area (Å²) in [4.78, 5) is 19.0. The van der Waals surface area contributed by atoms with E-state index in [1.54, 1.807) is 29.4 Å². The number of rotatable bonds is 9. The van der Waals surface area contributed by atoms with E-state index in [2.05, 4.69) is 4.98 Å². The number of hydrogen-bond donors (Lipinski definition) is 0. The van der Waals surface area contributed by atoms with Crippen LogP contribution in [0.1, 0.15) is 29.5 Å². The Kier molecular flexibility index (Phi) is 7.46. The highest BCUT2D eigenvalue weighted by molar-refractivity contribution is 5.78. The minimum absolute atomic E-state index is 0.0285. The second-order valence-electron chi connectivity index (χ2n) is 8.00. The van der Waals surface area contributed by atoms with Crippen molar-refractivity contribution < 1.29 is 18.7 Å². The molecule has 1 aromatic heterocycles. The van der Waals surface area contributed by atoms with Crippen molar-refractivity contribution in [3.05, 3.63) is 95.6 Å². The van der Waals surface area contributed by atoms with E-state index < -0.39 is 0 Å². The van der Waals surface area contributed by atoms with Gasteiger partial charge in [0.1, 0.15) is 18.2 Å². The molecular weight excluding hydrogens is 407 g/mol. The number of hydrogen-bond acceptors (Lipinski definition) is 4. The minimum atomic E-state index is -0.310. The third kappa shape index (κ3) is 6.37. The standard InChI is InChI=1S/C26H27FN2O3/c27-23-9-5-20(6-10-23)15-26(30)29(18-22-3-1-13-28-16-22)17-21-7-11-24(12-8-21)32-19-25-4-2-14-31-25/h1,3,5-13,16,25H,2,4,14-15,17-19H2. The first kappa shape index (κ1) is 22.0. The summed E-state index contributed by atoms with van der Waals surface area (Å²) >= 11 is 0. The molecule has 5 nitrogen and oxygen atoms in total. The normalized spacial score (nSPS) is 15.5. The molecule has 166 valence electrons. The van der Waals surface area contributed by atoms with Crippen molar-refractivity contribution in [1.29, 1.82) is 0 Å². The van der Waals surface area contributed by atoms with Gasteiger partial charge in [-0.1, -0.05) is 30.3 Å². The maximum absolute atomic E-state index is 13.2. The van der Waals surface area contributed by atoms with Gasteiger partial charge in [0.25, 0.3) is 0 Å². The van der Waals surface area contributed by atoms with Crippen molar-refractivity contribution >= 4 is 5.91 Å². The number of benzene rings is 2. The second-order valence-corrected chi connectivity index (χ2v) is 8.00. The Labute approximate surface area is 187 Å². The summed E-state index contributed by atoms with van der Waals surface area (Å²) < 4.78 is 24.6. The first-order chi connectivity index (χ1) is 15.7. The number of halogens is 1. The molecular formula is C26H27FN2O3. The SMILES string of the molecule is O=C(Cc1ccc(F)cc1)N(Cc1ccc(OCC2CCCO2)cc1)Cc1cccnc1. The molecule has 2 aromatic carbocycles. The van der Waals surface area contributed by atoms with Gasteiger partial charge < -0.3 is 14.4 Å². The number of aromatic nitrogens is 1. The Hall–Kier alpha value is -3.25. The molecule has 0 radical (unpaired) electrons. The Bertz CT molecular complexity index is 988. The zero-order valence-corrected chi connectivity index (χ0v) is 18.0. The number of carbonyl (C=O) groups excluding carboxylic acids is 1. The first-order valence-electron chi connectivity index (χ1n) is 10.9. The highest BCUT2D eigenvalue weighted by Crippen LogP contribution is 2.19. The fourth-order valence-corrected chi connectivity index (χ4v) is 3.71. The average molecular weight is 435 g/mol. The van der Waals surface area contributed by atoms with Gasteiger partial charge in [-0.05, 0) is 59.9 Å². The zero-order valence-electron chi connectivity index (χ0n) is 18.0. The quantitative estimate of drug-likeness (QED) is 0.496. The Morgan fingerprint density at radius 1 is 1.03 bits per heavy atom. The van der Waals surface area contributed by atoms with E-state index in [0.717, 1.165) is 41.9 Å². The number of ether oxygens (including phenoxy) is 2. The Balaban J connectivity index is 1.41. The van der Waals surface area contributed by atoms with Gasteiger partial charge in [0.05, 0.1) is 12.5 Å². The summed E-state index contributed by atoms with van der Waals surface area (Å²) in [5.74, 6) is 0.454. The summed E-state index contributed by atoms with van der Waals surface area (Å²) in [7, 11) is 0. The molecule has 1 amide bonds. The molecule has 1 fully saturated rings. The van der Waals surface area contributed by atoms with E-state index in [-0.39, 0.29) is 24.2 Å². The second kappa shape index (κ2) is 10.9. The molecule has 4 rings (SSSR count). The molecule has 1 aliphatic heterocycles. The highest BCUT2D eigenvalue weighted by Gasteiger charge is 2.17. The lowest BCUT2D eigenvalue weighted by Gasteiger charge is -2.23. The largest absolute Gasteiger partial charge is 0.491 e. The Morgan fingerprint density at radius 3 is 2.47 bits per heavy atom. The zero-order chi connectivity index (χ0) is 22.2. The highest BCUT2D eigenvalue weighted by atomic mass is 19.1. The van der Waals surface area contributed by atoms with Gasteiger partial charge in [0.2, 0.25) is 5.91 Å². The van der Waals surface area contributed by atoms with Crippen molar-refractivity contribution in [3.8, 4) is 5.75 Å². The summed E-state index contributed by atoms with van der Waals surface area (Å²) in [6, 6.07) is 17.7. The lowest BCUT2D eigenvalue weighted by atomic mass is 10.1. The van der Waals surface area contributed by atoms with Gasteiger partial charge in [-0.3, -0.25) is 9.78 Å². The monoisotopic (exact) mass is 434 g/mol. The minimum Gasteiger partial charge on any atom is -0.491 e. The molecule has 0 N–H and O–H groups in total. The van der Waals surface area contributed by atoms with Gasteiger partial charge >= 0.3 is 0 Å². The van der Waals surface area contributed by atoms with Crippen LogP contribution in [0.4, 0.5) is 4.39 Å². The van der Waals surface area contributed by atoms with Crippen LogP contribution in [0.2, 0.25) is 0 Å². The van der Waals surface area contributed by atoms with Crippen molar-refractivity contribution in [2.24, 2.45) is 0 Å². The van der Waals surface area contributed by atoms with Crippen LogP contribution in [-0.4, -0.2) is 35.1 Å². The molecule has 32 heavy (non-hydrogen) atoms. The van der Waals surface area contributed by atoms with Crippen LogP contribution < -0.4 is 4.74 Å². The topological polar surface area (TPSA) is 51.7 Å². The first-order valence-corrected chi connectivity index (χ1v) is 10.9. The molecule has 1 atom stereocenters. The molecule has 3 aromatic rings. The molecule has 0 bridgehead atoms. The van der Waals surface area contributed by atoms with E-state index in [9.17, 15) is 9.18 Å². The van der Waals surface area contributed by atoms with Crippen LogP contribution in [0.5, 0.6) is 5.75 Å². The van der Waals surface area contributed by atoms with E-state index in [1.807, 2.05) is 36.4 Å². The molecule has 1 aliphatic rings. The van der Waals surface area contributed by atoms with Crippen molar-refractivity contribution in [3.63, 3.8) is 0 Å². The van der Waals surface area contributed by atoms with Gasteiger partial charge in [-0.25, -0.2) is 4.39 Å². The fraction of sp³-hybridized carbons (Fsp3) is 0.308. The summed E-state index contributed by atoms with van der Waals surface area (Å²) in [5.41, 5.74) is 2.74. The number of amides is 1. The van der Waals surface area contributed by atoms with E-state index in [1.165, 1.54) is 12.1 Å². The summed E-state index contributed by atoms with van der Waals surface area (Å²) in [5, 5.41) is 0. The van der Waals surface area contributed by atoms with Gasteiger partial charge in [-0.15, -0.1) is 0 Å². The molecule has 0 aliphatic carbocycles. The number of carbonyl (C=O) groups is 1. The van der Waals surface area contributed by atoms with Gasteiger partial charge in [0.15, 0.2) is 0 Å².